The van der Waals surface area contributed by atoms with E-state index < -0.39 is 87.9 Å². The molecular weight excluding hydrogens is 980 g/mol. The van der Waals surface area contributed by atoms with Crippen LogP contribution in [0.1, 0.15) is 119 Å². The van der Waals surface area contributed by atoms with Crippen molar-refractivity contribution >= 4 is 74.7 Å². The summed E-state index contributed by atoms with van der Waals surface area (Å²) in [4.78, 5) is 115. The highest BCUT2D eigenvalue weighted by Gasteiger charge is 2.36. The second kappa shape index (κ2) is 27.1. The van der Waals surface area contributed by atoms with Gasteiger partial charge in [-0.3, -0.25) is 43.3 Å². The van der Waals surface area contributed by atoms with Crippen LogP contribution in [0.4, 0.5) is 0 Å². The van der Waals surface area contributed by atoms with Crippen molar-refractivity contribution in [1.29, 1.82) is 0 Å². The lowest BCUT2D eigenvalue weighted by Crippen LogP contribution is -2.60. The molecule has 2 aromatic heterocycles. The van der Waals surface area contributed by atoms with E-state index in [9.17, 15) is 46.8 Å². The molecule has 0 unspecified atom stereocenters. The van der Waals surface area contributed by atoms with E-state index in [1.807, 2.05) is 25.5 Å². The van der Waals surface area contributed by atoms with Crippen molar-refractivity contribution in [2.24, 2.45) is 17.8 Å². The van der Waals surface area contributed by atoms with E-state index in [4.69, 9.17) is 16.0 Å². The van der Waals surface area contributed by atoms with Crippen LogP contribution < -0.4 is 31.3 Å². The van der Waals surface area contributed by atoms with Gasteiger partial charge in [0, 0.05) is 28.5 Å². The fourth-order valence-electron chi connectivity index (χ4n) is 8.10. The van der Waals surface area contributed by atoms with E-state index in [-0.39, 0.29) is 47.5 Å². The van der Waals surface area contributed by atoms with E-state index in [2.05, 4.69) is 36.6 Å². The average Bonchev–Trinajstić information content (AvgIpc) is 3.86. The van der Waals surface area contributed by atoms with Crippen molar-refractivity contribution < 1.29 is 51.2 Å². The third-order valence-electron chi connectivity index (χ3n) is 12.4. The number of carbonyl (C=O) groups is 8. The van der Waals surface area contributed by atoms with Gasteiger partial charge in [0.05, 0.1) is 23.7 Å². The molecule has 5 rings (SSSR count). The highest BCUT2D eigenvalue weighted by Crippen LogP contribution is 2.28. The molecule has 0 spiro atoms. The number of amides is 6. The van der Waals surface area contributed by atoms with E-state index in [1.165, 1.54) is 55.0 Å². The van der Waals surface area contributed by atoms with Gasteiger partial charge < -0.3 is 31.0 Å². The lowest BCUT2D eigenvalue weighted by molar-refractivity contribution is -0.141. The van der Waals surface area contributed by atoms with Gasteiger partial charge in [-0.1, -0.05) is 84.7 Å². The smallest absolute Gasteiger partial charge is 0.290 e. The number of rotatable bonds is 25. The maximum absolute atomic E-state index is 14.2. The summed E-state index contributed by atoms with van der Waals surface area (Å²) in [6.07, 6.45) is 12.2. The van der Waals surface area contributed by atoms with E-state index in [0.717, 1.165) is 32.1 Å². The van der Waals surface area contributed by atoms with E-state index in [0.29, 0.717) is 34.1 Å². The van der Waals surface area contributed by atoms with Crippen LogP contribution in [0.2, 0.25) is 5.02 Å². The molecule has 1 fully saturated rings. The summed E-state index contributed by atoms with van der Waals surface area (Å²) >= 11 is 5.89. The number of furan rings is 1. The molecule has 1 saturated carbocycles. The number of nitrogens with zero attached hydrogens (tertiary/aromatic N) is 2. The number of Topliss-reactive ketones (excluding diaryl/α,β-unsaturated/α-hetero) is 1. The summed E-state index contributed by atoms with van der Waals surface area (Å²) in [6.45, 7) is 8.01. The maximum Gasteiger partial charge on any atom is 0.290 e. The van der Waals surface area contributed by atoms with Gasteiger partial charge in [-0.05, 0) is 110 Å². The normalized spacial score (nSPS) is 15.0. The van der Waals surface area contributed by atoms with Gasteiger partial charge in [0.15, 0.2) is 5.78 Å². The molecule has 390 valence electrons. The van der Waals surface area contributed by atoms with Crippen molar-refractivity contribution in [3.05, 3.63) is 107 Å². The average molecular weight is 1040 g/mol. The van der Waals surface area contributed by atoms with Gasteiger partial charge in [-0.25, -0.2) is 18.1 Å². The van der Waals surface area contributed by atoms with Crippen LogP contribution in [-0.2, 0) is 38.8 Å². The third-order valence-corrected chi connectivity index (χ3v) is 14.0. The van der Waals surface area contributed by atoms with Crippen LogP contribution in [0.5, 0.6) is 0 Å². The number of sulfonamides is 1. The Bertz CT molecular complexity index is 2730. The summed E-state index contributed by atoms with van der Waals surface area (Å²) in [5.41, 5.74) is 0.941. The standard InChI is InChI=1S/C52H63ClN8O11S/c1-6-32(5)46(60-49(66)40(27-31(3)4)58-50(67)42-29-54-25-26-55-42)51(68)59-41(28-33-11-9-8-10-12-33)48(65)57-39(7-2)47(64)52(69)56-30-45(63)61-73(70,71)38-21-15-35(16-22-38)44-24-20-37(72-44)19-23-43(62)34-13-17-36(53)18-14-34/h13-26,29,31-33,39-41,46H,6-12,27-28,30H2,1-5H3,(H,56,69)(H,57,65)(H,58,67)(H,59,68)(H,60,66)(H,61,63)/b23-19-/t32-,39-,40-,41-,46-/m0/s1. The Balaban J connectivity index is 1.18. The first-order valence-corrected chi connectivity index (χ1v) is 26.2. The first kappa shape index (κ1) is 56.8. The quantitative estimate of drug-likeness (QED) is 0.0272. The number of allylic oxidation sites excluding steroid dienone is 1. The largest absolute Gasteiger partial charge is 0.457 e. The lowest BCUT2D eigenvalue weighted by Gasteiger charge is -2.31. The zero-order valence-electron chi connectivity index (χ0n) is 41.4. The van der Waals surface area contributed by atoms with Crippen LogP contribution >= 0.6 is 11.6 Å². The molecule has 0 radical (unpaired) electrons. The summed E-state index contributed by atoms with van der Waals surface area (Å²) in [5, 5.41) is 13.5. The number of benzene rings is 2. The Kier molecular flexibility index (Phi) is 21.1. The number of nitrogens with one attached hydrogen (secondary N) is 6. The van der Waals surface area contributed by atoms with Gasteiger partial charge in [-0.15, -0.1) is 0 Å². The summed E-state index contributed by atoms with van der Waals surface area (Å²) in [5.74, 6) is -6.07. The minimum atomic E-state index is -4.44. The summed E-state index contributed by atoms with van der Waals surface area (Å²) in [6, 6.07) is 10.3. The second-order valence-electron chi connectivity index (χ2n) is 18.4. The van der Waals surface area contributed by atoms with Crippen LogP contribution in [0.25, 0.3) is 17.4 Å². The Hall–Kier alpha value is -7.06. The monoisotopic (exact) mass is 1040 g/mol. The fourth-order valence-corrected chi connectivity index (χ4v) is 9.21. The van der Waals surface area contributed by atoms with Crippen molar-refractivity contribution in [3.63, 3.8) is 0 Å². The highest BCUT2D eigenvalue weighted by atomic mass is 35.5. The molecule has 0 bridgehead atoms. The molecule has 73 heavy (non-hydrogen) atoms. The van der Waals surface area contributed by atoms with Crippen molar-refractivity contribution in [3.8, 4) is 11.3 Å². The van der Waals surface area contributed by atoms with Gasteiger partial charge in [0.1, 0.15) is 35.3 Å². The summed E-state index contributed by atoms with van der Waals surface area (Å²) < 4.78 is 33.9. The number of hydrogen-bond acceptors (Lipinski definition) is 13. The van der Waals surface area contributed by atoms with Gasteiger partial charge in [-0.2, -0.15) is 0 Å². The highest BCUT2D eigenvalue weighted by molar-refractivity contribution is 7.90. The van der Waals surface area contributed by atoms with Crippen molar-refractivity contribution in [2.45, 2.75) is 121 Å². The van der Waals surface area contributed by atoms with E-state index >= 15 is 0 Å². The minimum absolute atomic E-state index is 0.00856. The molecule has 19 nitrogen and oxygen atoms in total. The number of halogens is 1. The Labute approximate surface area is 429 Å². The zero-order valence-corrected chi connectivity index (χ0v) is 43.0. The van der Waals surface area contributed by atoms with Crippen molar-refractivity contribution in [1.82, 2.24) is 41.3 Å². The van der Waals surface area contributed by atoms with Crippen LogP contribution in [0, 0.1) is 17.8 Å². The summed E-state index contributed by atoms with van der Waals surface area (Å²) in [7, 11) is -4.44. The molecule has 1 aliphatic carbocycles. The van der Waals surface area contributed by atoms with Crippen LogP contribution in [0.3, 0.4) is 0 Å². The first-order chi connectivity index (χ1) is 34.8. The van der Waals surface area contributed by atoms with Crippen LogP contribution in [-0.4, -0.2) is 96.1 Å². The molecule has 21 heteroatoms. The van der Waals surface area contributed by atoms with Gasteiger partial charge >= 0.3 is 0 Å². The maximum atomic E-state index is 14.2. The zero-order chi connectivity index (χ0) is 53.2. The SMILES string of the molecule is CC[C@H](NC(=O)[C@H](CC1CCCCC1)NC(=O)[C@@H](NC(=O)[C@H](CC(C)C)NC(=O)c1cnccn1)[C@@H](C)CC)C(=O)C(=O)NCC(=O)NS(=O)(=O)c1ccc(-c2ccc(/C=C\C(=O)c3ccc(Cl)cc3)o2)cc1. The number of carbonyl (C=O) groups excluding carboxylic acids is 8. The second-order valence-corrected chi connectivity index (χ2v) is 20.5. The molecule has 2 aromatic carbocycles. The molecule has 0 aliphatic heterocycles. The van der Waals surface area contributed by atoms with Crippen molar-refractivity contribution in [2.75, 3.05) is 6.54 Å². The molecule has 4 aromatic rings. The fraction of sp³-hybridized carbons (Fsp3) is 0.423. The number of aromatic nitrogens is 2. The number of hydrogen-bond donors (Lipinski definition) is 6. The van der Waals surface area contributed by atoms with Gasteiger partial charge in [0.2, 0.25) is 23.5 Å². The third kappa shape index (κ3) is 17.0. The number of ketones is 2. The molecule has 6 N–H and O–H groups in total. The van der Waals surface area contributed by atoms with E-state index in [1.54, 1.807) is 50.2 Å². The first-order valence-electron chi connectivity index (χ1n) is 24.3. The molecule has 1 aliphatic rings. The predicted molar refractivity (Wildman–Crippen MR) is 272 cm³/mol. The molecule has 2 heterocycles. The molecule has 5 atom stereocenters. The minimum Gasteiger partial charge on any atom is -0.457 e. The Morgan fingerprint density at radius 2 is 1.44 bits per heavy atom. The topological polar surface area (TPSA) is 282 Å². The Morgan fingerprint density at radius 1 is 0.767 bits per heavy atom. The molecule has 6 amide bonds. The predicted octanol–water partition coefficient (Wildman–Crippen LogP) is 5.50. The van der Waals surface area contributed by atoms with Crippen LogP contribution in [0.15, 0.2) is 94.6 Å². The lowest BCUT2D eigenvalue weighted by atomic mass is 9.84. The van der Waals surface area contributed by atoms with Gasteiger partial charge in [0.25, 0.3) is 27.7 Å². The molecule has 0 saturated heterocycles. The molecular formula is C52H63ClN8O11S. The Morgan fingerprint density at radius 3 is 2.07 bits per heavy atom.